The van der Waals surface area contributed by atoms with Gasteiger partial charge in [0.25, 0.3) is 0 Å². The number of likely N-dealkylation sites (tertiary alicyclic amines) is 1. The normalized spacial score (nSPS) is 18.6. The number of hydrogen-bond acceptors (Lipinski definition) is 5. The number of nitrogens with zero attached hydrogens (tertiary/aromatic N) is 1. The lowest BCUT2D eigenvalue weighted by atomic mass is 10.0. The third kappa shape index (κ3) is 5.66. The summed E-state index contributed by atoms with van der Waals surface area (Å²) in [5.41, 5.74) is -0.545. The molecule has 0 radical (unpaired) electrons. The largest absolute Gasteiger partial charge is 0.478 e. The summed E-state index contributed by atoms with van der Waals surface area (Å²) < 4.78 is 16.5. The lowest BCUT2D eigenvalue weighted by Crippen LogP contribution is -2.40. The van der Waals surface area contributed by atoms with E-state index in [1.165, 1.54) is 0 Å². The fourth-order valence-corrected chi connectivity index (χ4v) is 2.73. The molecular weight excluding hydrogens is 322 g/mol. The highest BCUT2D eigenvalue weighted by atomic mass is 16.6. The minimum Gasteiger partial charge on any atom is -0.478 e. The van der Waals surface area contributed by atoms with Gasteiger partial charge >= 0.3 is 12.1 Å². The molecule has 1 amide bonds. The summed E-state index contributed by atoms with van der Waals surface area (Å²) in [4.78, 5) is 26.2. The van der Waals surface area contributed by atoms with Crippen LogP contribution in [0.3, 0.4) is 0 Å². The van der Waals surface area contributed by atoms with Gasteiger partial charge in [0.05, 0.1) is 6.61 Å². The number of ether oxygens (including phenoxy) is 3. The predicted octanol–water partition coefficient (Wildman–Crippen LogP) is 3.25. The second-order valence-corrected chi connectivity index (χ2v) is 7.08. The van der Waals surface area contributed by atoms with Crippen molar-refractivity contribution in [3.05, 3.63) is 30.3 Å². The average Bonchev–Trinajstić information content (AvgIpc) is 3.02. The van der Waals surface area contributed by atoms with Crippen LogP contribution in [0.4, 0.5) is 4.79 Å². The van der Waals surface area contributed by atoms with E-state index in [4.69, 9.17) is 14.2 Å². The van der Waals surface area contributed by atoms with Gasteiger partial charge in [-0.25, -0.2) is 9.59 Å². The van der Waals surface area contributed by atoms with E-state index in [9.17, 15) is 9.59 Å². The van der Waals surface area contributed by atoms with Crippen molar-refractivity contribution in [3.8, 4) is 5.75 Å². The first-order chi connectivity index (χ1) is 11.8. The Morgan fingerprint density at radius 2 is 1.92 bits per heavy atom. The van der Waals surface area contributed by atoms with Crippen molar-refractivity contribution < 1.29 is 23.8 Å². The lowest BCUT2D eigenvalue weighted by molar-refractivity contribution is -0.154. The van der Waals surface area contributed by atoms with Crippen molar-refractivity contribution in [1.29, 1.82) is 0 Å². The Bertz CT molecular complexity index is 581. The van der Waals surface area contributed by atoms with Crippen LogP contribution in [0.1, 0.15) is 34.1 Å². The van der Waals surface area contributed by atoms with E-state index >= 15 is 0 Å². The molecule has 0 bridgehead atoms. The van der Waals surface area contributed by atoms with Crippen LogP contribution in [-0.4, -0.2) is 48.4 Å². The minimum absolute atomic E-state index is 0.133. The highest BCUT2D eigenvalue weighted by Crippen LogP contribution is 2.26. The van der Waals surface area contributed by atoms with Gasteiger partial charge in [0.2, 0.25) is 0 Å². The van der Waals surface area contributed by atoms with Crippen LogP contribution in [0.2, 0.25) is 0 Å². The number of rotatable bonds is 5. The van der Waals surface area contributed by atoms with Gasteiger partial charge in [-0.3, -0.25) is 0 Å². The third-order valence-electron chi connectivity index (χ3n) is 3.83. The highest BCUT2D eigenvalue weighted by Gasteiger charge is 2.39. The predicted molar refractivity (Wildman–Crippen MR) is 93.4 cm³/mol. The van der Waals surface area contributed by atoms with Crippen molar-refractivity contribution in [3.63, 3.8) is 0 Å². The van der Waals surface area contributed by atoms with E-state index in [0.29, 0.717) is 25.3 Å². The fourth-order valence-electron chi connectivity index (χ4n) is 2.73. The van der Waals surface area contributed by atoms with Gasteiger partial charge < -0.3 is 19.1 Å². The lowest BCUT2D eigenvalue weighted by Gasteiger charge is -2.26. The fraction of sp³-hybridized carbons (Fsp3) is 0.579. The Hall–Kier alpha value is -2.24. The second kappa shape index (κ2) is 8.23. The van der Waals surface area contributed by atoms with E-state index in [1.807, 2.05) is 39.0 Å². The number of esters is 1. The summed E-state index contributed by atoms with van der Waals surface area (Å²) in [6.07, 6.45) is -0.442. The summed E-state index contributed by atoms with van der Waals surface area (Å²) in [6, 6.07) is 9.17. The highest BCUT2D eigenvalue weighted by molar-refractivity contribution is 5.76. The van der Waals surface area contributed by atoms with E-state index in [2.05, 4.69) is 0 Å². The molecule has 25 heavy (non-hydrogen) atoms. The van der Waals surface area contributed by atoms with Gasteiger partial charge in [-0.15, -0.1) is 0 Å². The Labute approximate surface area is 149 Å². The monoisotopic (exact) mass is 349 g/mol. The molecule has 0 aromatic heterocycles. The van der Waals surface area contributed by atoms with Crippen LogP contribution in [0.25, 0.3) is 0 Å². The smallest absolute Gasteiger partial charge is 0.410 e. The van der Waals surface area contributed by atoms with Crippen LogP contribution in [-0.2, 0) is 14.3 Å². The van der Waals surface area contributed by atoms with Crippen LogP contribution < -0.4 is 4.74 Å². The molecule has 2 atom stereocenters. The van der Waals surface area contributed by atoms with Crippen molar-refractivity contribution in [2.24, 2.45) is 5.92 Å². The Morgan fingerprint density at radius 1 is 1.24 bits per heavy atom. The SMILES string of the molecule is CCOC(=O)C(Oc1ccccc1)C1CCN(C(=O)OC(C)(C)C)C1. The van der Waals surface area contributed by atoms with Crippen LogP contribution in [0.5, 0.6) is 5.75 Å². The molecule has 1 saturated heterocycles. The Balaban J connectivity index is 2.05. The number of benzene rings is 1. The summed E-state index contributed by atoms with van der Waals surface area (Å²) in [5.74, 6) is 0.0745. The number of para-hydroxylation sites is 1. The third-order valence-corrected chi connectivity index (χ3v) is 3.83. The Morgan fingerprint density at radius 3 is 2.52 bits per heavy atom. The molecule has 2 rings (SSSR count). The molecule has 0 saturated carbocycles. The van der Waals surface area contributed by atoms with Gasteiger partial charge in [-0.05, 0) is 46.2 Å². The number of hydrogen-bond donors (Lipinski definition) is 0. The molecule has 1 aromatic carbocycles. The number of carbonyl (C=O) groups excluding carboxylic acids is 2. The number of amides is 1. The molecule has 0 N–H and O–H groups in total. The van der Waals surface area contributed by atoms with Crippen molar-refractivity contribution in [2.45, 2.75) is 45.8 Å². The summed E-state index contributed by atoms with van der Waals surface area (Å²) in [6.45, 7) is 8.49. The zero-order valence-electron chi connectivity index (χ0n) is 15.4. The van der Waals surface area contributed by atoms with Crippen molar-refractivity contribution in [2.75, 3.05) is 19.7 Å². The quantitative estimate of drug-likeness (QED) is 0.764. The zero-order valence-corrected chi connectivity index (χ0v) is 15.4. The van der Waals surface area contributed by atoms with Crippen LogP contribution in [0, 0.1) is 5.92 Å². The molecule has 138 valence electrons. The molecule has 1 heterocycles. The Kier molecular flexibility index (Phi) is 6.28. The zero-order chi connectivity index (χ0) is 18.4. The molecule has 6 heteroatoms. The summed E-state index contributed by atoms with van der Waals surface area (Å²) in [7, 11) is 0. The van der Waals surface area contributed by atoms with E-state index in [0.717, 1.165) is 0 Å². The maximum absolute atomic E-state index is 12.4. The van der Waals surface area contributed by atoms with Gasteiger partial charge in [0, 0.05) is 19.0 Å². The van der Waals surface area contributed by atoms with Crippen LogP contribution in [0.15, 0.2) is 30.3 Å². The van der Waals surface area contributed by atoms with Gasteiger partial charge in [-0.2, -0.15) is 0 Å². The molecular formula is C19H27NO5. The van der Waals surface area contributed by atoms with E-state index < -0.39 is 17.7 Å². The number of carbonyl (C=O) groups is 2. The average molecular weight is 349 g/mol. The molecule has 0 spiro atoms. The molecule has 1 aliphatic heterocycles. The van der Waals surface area contributed by atoms with Crippen LogP contribution >= 0.6 is 0 Å². The molecule has 1 aromatic rings. The van der Waals surface area contributed by atoms with E-state index in [1.54, 1.807) is 24.0 Å². The maximum atomic E-state index is 12.4. The standard InChI is InChI=1S/C19H27NO5/c1-5-23-17(21)16(24-15-9-7-6-8-10-15)14-11-12-20(13-14)18(22)25-19(2,3)4/h6-10,14,16H,5,11-13H2,1-4H3. The molecule has 2 unspecified atom stereocenters. The van der Waals surface area contributed by atoms with Crippen molar-refractivity contribution >= 4 is 12.1 Å². The first-order valence-corrected chi connectivity index (χ1v) is 8.66. The molecule has 6 nitrogen and oxygen atoms in total. The minimum atomic E-state index is -0.741. The van der Waals surface area contributed by atoms with Gasteiger partial charge in [0.1, 0.15) is 11.4 Å². The first-order valence-electron chi connectivity index (χ1n) is 8.66. The van der Waals surface area contributed by atoms with E-state index in [-0.39, 0.29) is 18.6 Å². The van der Waals surface area contributed by atoms with Gasteiger partial charge in [0.15, 0.2) is 6.10 Å². The van der Waals surface area contributed by atoms with Crippen molar-refractivity contribution in [1.82, 2.24) is 4.90 Å². The molecule has 1 aliphatic rings. The maximum Gasteiger partial charge on any atom is 0.410 e. The van der Waals surface area contributed by atoms with Gasteiger partial charge in [-0.1, -0.05) is 18.2 Å². The summed E-state index contributed by atoms with van der Waals surface area (Å²) in [5, 5.41) is 0. The summed E-state index contributed by atoms with van der Waals surface area (Å²) >= 11 is 0. The molecule has 0 aliphatic carbocycles. The topological polar surface area (TPSA) is 65.1 Å². The second-order valence-electron chi connectivity index (χ2n) is 7.08. The molecule has 1 fully saturated rings. The first kappa shape index (κ1) is 19.1.